The van der Waals surface area contributed by atoms with Gasteiger partial charge in [0, 0.05) is 5.56 Å². The van der Waals surface area contributed by atoms with Gasteiger partial charge in [0.05, 0.1) is 5.56 Å². The van der Waals surface area contributed by atoms with Gasteiger partial charge in [-0.1, -0.05) is 18.2 Å². The predicted octanol–water partition coefficient (Wildman–Crippen LogP) is 0.710. The van der Waals surface area contributed by atoms with Gasteiger partial charge >= 0.3 is 0 Å². The highest BCUT2D eigenvalue weighted by Crippen LogP contribution is 2.05. The lowest BCUT2D eigenvalue weighted by atomic mass is 10.1. The second-order valence-corrected chi connectivity index (χ2v) is 2.27. The summed E-state index contributed by atoms with van der Waals surface area (Å²) in [6.45, 7) is 0. The van der Waals surface area contributed by atoms with Crippen LogP contribution in [0, 0.1) is 11.5 Å². The molecule has 0 aliphatic heterocycles. The van der Waals surface area contributed by atoms with Crippen molar-refractivity contribution in [2.45, 2.75) is 0 Å². The molecule has 0 aliphatic rings. The van der Waals surface area contributed by atoms with Crippen LogP contribution in [0.3, 0.4) is 0 Å². The monoisotopic (exact) mass is 174 g/mol. The summed E-state index contributed by atoms with van der Waals surface area (Å²) in [6.07, 6.45) is 2.08. The lowest BCUT2D eigenvalue weighted by molar-refractivity contribution is 0.0966. The van der Waals surface area contributed by atoms with Crippen molar-refractivity contribution in [3.05, 3.63) is 35.4 Å². The molecule has 0 fully saturated rings. The average molecular weight is 174 g/mol. The first-order chi connectivity index (χ1) is 6.29. The molecule has 1 rings (SSSR count). The summed E-state index contributed by atoms with van der Waals surface area (Å²) in [5.74, 6) is -0.565. The standard InChI is InChI=1S/C9H6N2O2/c10-6-11-9(13)8-4-2-1-3-7(8)5-12/h1-5H,(H,11,13). The van der Waals surface area contributed by atoms with Crippen LogP contribution in [0.1, 0.15) is 20.7 Å². The normalized spacial score (nSPS) is 8.54. The lowest BCUT2D eigenvalue weighted by Gasteiger charge is -1.99. The third-order valence-electron chi connectivity index (χ3n) is 1.50. The highest BCUT2D eigenvalue weighted by atomic mass is 16.1. The van der Waals surface area contributed by atoms with Crippen molar-refractivity contribution >= 4 is 12.2 Å². The molecule has 0 bridgehead atoms. The Balaban J connectivity index is 3.07. The highest BCUT2D eigenvalue weighted by molar-refractivity contribution is 6.01. The molecule has 4 heteroatoms. The van der Waals surface area contributed by atoms with Crippen molar-refractivity contribution in [3.63, 3.8) is 0 Å². The van der Waals surface area contributed by atoms with E-state index in [4.69, 9.17) is 5.26 Å². The van der Waals surface area contributed by atoms with Crippen molar-refractivity contribution in [1.29, 1.82) is 5.26 Å². The number of rotatable bonds is 2. The molecule has 1 N–H and O–H groups in total. The largest absolute Gasteiger partial charge is 0.298 e. The molecule has 0 saturated heterocycles. The summed E-state index contributed by atoms with van der Waals surface area (Å²) in [5, 5.41) is 10.1. The maximum absolute atomic E-state index is 11.1. The van der Waals surface area contributed by atoms with Crippen molar-refractivity contribution in [2.24, 2.45) is 0 Å². The quantitative estimate of drug-likeness (QED) is 0.407. The van der Waals surface area contributed by atoms with E-state index in [1.807, 2.05) is 5.32 Å². The Morgan fingerprint density at radius 2 is 2.15 bits per heavy atom. The van der Waals surface area contributed by atoms with E-state index < -0.39 is 5.91 Å². The molecule has 1 amide bonds. The van der Waals surface area contributed by atoms with Crippen molar-refractivity contribution in [2.75, 3.05) is 0 Å². The number of aldehydes is 1. The van der Waals surface area contributed by atoms with Gasteiger partial charge in [-0.15, -0.1) is 0 Å². The molecule has 0 aromatic heterocycles. The van der Waals surface area contributed by atoms with E-state index in [1.165, 1.54) is 18.3 Å². The maximum atomic E-state index is 11.1. The fourth-order valence-corrected chi connectivity index (χ4v) is 0.925. The third-order valence-corrected chi connectivity index (χ3v) is 1.50. The van der Waals surface area contributed by atoms with Gasteiger partial charge in [0.15, 0.2) is 12.5 Å². The van der Waals surface area contributed by atoms with Crippen LogP contribution >= 0.6 is 0 Å². The van der Waals surface area contributed by atoms with Crippen LogP contribution in [0.15, 0.2) is 24.3 Å². The smallest absolute Gasteiger partial charge is 0.264 e. The van der Waals surface area contributed by atoms with E-state index in [0.29, 0.717) is 6.29 Å². The van der Waals surface area contributed by atoms with Gasteiger partial charge in [-0.05, 0) is 6.07 Å². The minimum Gasteiger partial charge on any atom is -0.298 e. The number of nitrogens with one attached hydrogen (secondary N) is 1. The molecule has 0 saturated carbocycles. The van der Waals surface area contributed by atoms with E-state index in [-0.39, 0.29) is 11.1 Å². The predicted molar refractivity (Wildman–Crippen MR) is 44.9 cm³/mol. The van der Waals surface area contributed by atoms with Crippen LogP contribution in [0.25, 0.3) is 0 Å². The minimum absolute atomic E-state index is 0.207. The molecule has 0 aliphatic carbocycles. The fraction of sp³-hybridized carbons (Fsp3) is 0. The number of hydrogen-bond acceptors (Lipinski definition) is 3. The van der Waals surface area contributed by atoms with Gasteiger partial charge in [0.1, 0.15) is 0 Å². The number of nitriles is 1. The zero-order chi connectivity index (χ0) is 9.68. The van der Waals surface area contributed by atoms with Crippen molar-refractivity contribution < 1.29 is 9.59 Å². The number of carbonyl (C=O) groups excluding carboxylic acids is 2. The first-order valence-corrected chi connectivity index (χ1v) is 3.53. The molecule has 0 radical (unpaired) electrons. The van der Waals surface area contributed by atoms with Gasteiger partial charge in [-0.3, -0.25) is 14.9 Å². The zero-order valence-corrected chi connectivity index (χ0v) is 6.65. The van der Waals surface area contributed by atoms with Crippen molar-refractivity contribution in [3.8, 4) is 6.19 Å². The van der Waals surface area contributed by atoms with E-state index in [9.17, 15) is 9.59 Å². The number of nitrogens with zero attached hydrogens (tertiary/aromatic N) is 1. The maximum Gasteiger partial charge on any atom is 0.264 e. The second-order valence-electron chi connectivity index (χ2n) is 2.27. The number of carbonyl (C=O) groups is 2. The van der Waals surface area contributed by atoms with Crippen LogP contribution in [-0.4, -0.2) is 12.2 Å². The highest BCUT2D eigenvalue weighted by Gasteiger charge is 2.08. The summed E-state index contributed by atoms with van der Waals surface area (Å²) in [5.41, 5.74) is 0.481. The number of hydrogen-bond donors (Lipinski definition) is 1. The summed E-state index contributed by atoms with van der Waals surface area (Å²) in [6, 6.07) is 6.27. The summed E-state index contributed by atoms with van der Waals surface area (Å²) >= 11 is 0. The molecular formula is C9H6N2O2. The molecule has 4 nitrogen and oxygen atoms in total. The molecular weight excluding hydrogens is 168 g/mol. The van der Waals surface area contributed by atoms with Crippen LogP contribution in [0.4, 0.5) is 0 Å². The summed E-state index contributed by atoms with van der Waals surface area (Å²) < 4.78 is 0. The molecule has 64 valence electrons. The molecule has 0 unspecified atom stereocenters. The van der Waals surface area contributed by atoms with Gasteiger partial charge in [0.25, 0.3) is 5.91 Å². The molecule has 0 atom stereocenters. The van der Waals surface area contributed by atoms with Crippen LogP contribution in [-0.2, 0) is 0 Å². The van der Waals surface area contributed by atoms with Crippen LogP contribution in [0.5, 0.6) is 0 Å². The Kier molecular flexibility index (Phi) is 2.77. The molecule has 13 heavy (non-hydrogen) atoms. The minimum atomic E-state index is -0.565. The number of benzene rings is 1. The Morgan fingerprint density at radius 1 is 1.46 bits per heavy atom. The van der Waals surface area contributed by atoms with Gasteiger partial charge in [0.2, 0.25) is 0 Å². The van der Waals surface area contributed by atoms with E-state index in [0.717, 1.165) is 0 Å². The van der Waals surface area contributed by atoms with Gasteiger partial charge in [-0.2, -0.15) is 5.26 Å². The van der Waals surface area contributed by atoms with Crippen molar-refractivity contribution in [1.82, 2.24) is 5.32 Å². The molecule has 1 aromatic rings. The topological polar surface area (TPSA) is 70.0 Å². The molecule has 0 heterocycles. The van der Waals surface area contributed by atoms with Gasteiger partial charge in [-0.25, -0.2) is 0 Å². The molecule has 1 aromatic carbocycles. The fourth-order valence-electron chi connectivity index (χ4n) is 0.925. The first kappa shape index (κ1) is 8.94. The van der Waals surface area contributed by atoms with Crippen LogP contribution in [0.2, 0.25) is 0 Å². The van der Waals surface area contributed by atoms with Crippen LogP contribution < -0.4 is 5.32 Å². The summed E-state index contributed by atoms with van der Waals surface area (Å²) in [4.78, 5) is 21.6. The number of amides is 1. The Bertz CT molecular complexity index is 379. The average Bonchev–Trinajstić information content (AvgIpc) is 2.18. The Morgan fingerprint density at radius 3 is 2.77 bits per heavy atom. The second kappa shape index (κ2) is 4.02. The SMILES string of the molecule is N#CNC(=O)c1ccccc1C=O. The van der Waals surface area contributed by atoms with E-state index in [2.05, 4.69) is 0 Å². The summed E-state index contributed by atoms with van der Waals surface area (Å²) in [7, 11) is 0. The van der Waals surface area contributed by atoms with E-state index >= 15 is 0 Å². The lowest BCUT2D eigenvalue weighted by Crippen LogP contribution is -2.18. The zero-order valence-electron chi connectivity index (χ0n) is 6.65. The first-order valence-electron chi connectivity index (χ1n) is 3.53. The Hall–Kier alpha value is -2.15. The molecule has 0 spiro atoms. The van der Waals surface area contributed by atoms with Gasteiger partial charge < -0.3 is 0 Å². The van der Waals surface area contributed by atoms with E-state index in [1.54, 1.807) is 12.1 Å². The third kappa shape index (κ3) is 1.91. The Labute approximate surface area is 74.8 Å².